The van der Waals surface area contributed by atoms with Gasteiger partial charge in [-0.3, -0.25) is 14.5 Å². The Labute approximate surface area is 190 Å². The SMILES string of the molecule is COc1c(N(C=O)CCOc2ccc(C(=O)Nc3ccccc3N)cc2)oc2ccccc12. The van der Waals surface area contributed by atoms with Gasteiger partial charge in [0.2, 0.25) is 12.3 Å². The van der Waals surface area contributed by atoms with Crippen LogP contribution in [0.25, 0.3) is 11.0 Å². The Bertz CT molecular complexity index is 1270. The van der Waals surface area contributed by atoms with Crippen LogP contribution >= 0.6 is 0 Å². The molecule has 0 atom stereocenters. The highest BCUT2D eigenvalue weighted by Gasteiger charge is 2.20. The van der Waals surface area contributed by atoms with Gasteiger partial charge in [-0.05, 0) is 48.5 Å². The van der Waals surface area contributed by atoms with E-state index in [1.807, 2.05) is 24.3 Å². The number of benzene rings is 3. The number of hydrogen-bond donors (Lipinski definition) is 2. The minimum atomic E-state index is -0.274. The van der Waals surface area contributed by atoms with E-state index in [2.05, 4.69) is 5.32 Å². The average molecular weight is 445 g/mol. The van der Waals surface area contributed by atoms with Crippen molar-refractivity contribution in [2.24, 2.45) is 0 Å². The van der Waals surface area contributed by atoms with Gasteiger partial charge in [0, 0.05) is 5.56 Å². The number of hydrogen-bond acceptors (Lipinski definition) is 6. The van der Waals surface area contributed by atoms with Crippen molar-refractivity contribution in [3.8, 4) is 11.5 Å². The van der Waals surface area contributed by atoms with Crippen molar-refractivity contribution in [3.05, 3.63) is 78.4 Å². The summed E-state index contributed by atoms with van der Waals surface area (Å²) in [4.78, 5) is 25.5. The van der Waals surface area contributed by atoms with Gasteiger partial charge < -0.3 is 24.9 Å². The Morgan fingerprint density at radius 2 is 1.79 bits per heavy atom. The first-order chi connectivity index (χ1) is 16.1. The lowest BCUT2D eigenvalue weighted by Gasteiger charge is -2.16. The summed E-state index contributed by atoms with van der Waals surface area (Å²) < 4.78 is 17.0. The molecule has 8 heteroatoms. The van der Waals surface area contributed by atoms with E-state index in [0.29, 0.717) is 46.3 Å². The number of nitrogens with zero attached hydrogens (tertiary/aromatic N) is 1. The maximum absolute atomic E-state index is 12.4. The van der Waals surface area contributed by atoms with Gasteiger partial charge in [-0.25, -0.2) is 0 Å². The second-order valence-corrected chi connectivity index (χ2v) is 7.15. The van der Waals surface area contributed by atoms with Crippen molar-refractivity contribution >= 4 is 40.5 Å². The summed E-state index contributed by atoms with van der Waals surface area (Å²) in [5.74, 6) is 1.10. The van der Waals surface area contributed by atoms with Gasteiger partial charge in [0.05, 0.1) is 30.4 Å². The summed E-state index contributed by atoms with van der Waals surface area (Å²) >= 11 is 0. The first kappa shape index (κ1) is 21.8. The molecule has 0 saturated carbocycles. The van der Waals surface area contributed by atoms with Gasteiger partial charge in [0.1, 0.15) is 17.9 Å². The number of amides is 2. The van der Waals surface area contributed by atoms with E-state index in [4.69, 9.17) is 19.6 Å². The molecule has 0 radical (unpaired) electrons. The summed E-state index contributed by atoms with van der Waals surface area (Å²) in [6, 6.07) is 21.1. The zero-order chi connectivity index (χ0) is 23.2. The van der Waals surface area contributed by atoms with Crippen LogP contribution in [0.2, 0.25) is 0 Å². The van der Waals surface area contributed by atoms with Gasteiger partial charge >= 0.3 is 0 Å². The Morgan fingerprint density at radius 3 is 2.52 bits per heavy atom. The molecule has 8 nitrogen and oxygen atoms in total. The molecule has 4 aromatic rings. The van der Waals surface area contributed by atoms with Crippen LogP contribution in [0, 0.1) is 0 Å². The molecule has 2 amide bonds. The first-order valence-corrected chi connectivity index (χ1v) is 10.3. The van der Waals surface area contributed by atoms with Crippen LogP contribution in [0.5, 0.6) is 11.5 Å². The Kier molecular flexibility index (Phi) is 6.45. The largest absolute Gasteiger partial charge is 0.492 e. The lowest BCUT2D eigenvalue weighted by molar-refractivity contribution is -0.107. The smallest absolute Gasteiger partial charge is 0.255 e. The number of ether oxygens (including phenoxy) is 2. The lowest BCUT2D eigenvalue weighted by atomic mass is 10.2. The maximum Gasteiger partial charge on any atom is 0.255 e. The molecule has 4 rings (SSSR count). The fraction of sp³-hybridized carbons (Fsp3) is 0.120. The van der Waals surface area contributed by atoms with Crippen LogP contribution in [0.1, 0.15) is 10.4 Å². The highest BCUT2D eigenvalue weighted by atomic mass is 16.5. The minimum Gasteiger partial charge on any atom is -0.492 e. The number of para-hydroxylation sites is 3. The minimum absolute atomic E-state index is 0.213. The standard InChI is InChI=1S/C25H23N3O5/c1-31-23-19-6-2-5-9-22(19)33-25(23)28(16-29)14-15-32-18-12-10-17(11-13-18)24(30)27-21-8-4-3-7-20(21)26/h2-13,16H,14-15,26H2,1H3,(H,27,30). The molecule has 3 N–H and O–H groups in total. The van der Waals surface area contributed by atoms with Crippen LogP contribution in [-0.4, -0.2) is 32.6 Å². The molecule has 0 bridgehead atoms. The zero-order valence-corrected chi connectivity index (χ0v) is 18.0. The van der Waals surface area contributed by atoms with Gasteiger partial charge in [-0.2, -0.15) is 0 Å². The summed E-state index contributed by atoms with van der Waals surface area (Å²) in [6.45, 7) is 0.459. The number of fused-ring (bicyclic) bond motifs is 1. The highest BCUT2D eigenvalue weighted by molar-refractivity contribution is 6.05. The third kappa shape index (κ3) is 4.74. The maximum atomic E-state index is 12.4. The molecule has 0 aliphatic rings. The summed E-state index contributed by atoms with van der Waals surface area (Å²) in [6.07, 6.45) is 0.673. The van der Waals surface area contributed by atoms with Crippen LogP contribution in [0.4, 0.5) is 17.3 Å². The third-order valence-corrected chi connectivity index (χ3v) is 5.05. The van der Waals surface area contributed by atoms with E-state index in [1.165, 1.54) is 12.0 Å². The first-order valence-electron chi connectivity index (χ1n) is 10.3. The van der Waals surface area contributed by atoms with Gasteiger partial charge in [0.15, 0.2) is 5.75 Å². The van der Waals surface area contributed by atoms with Crippen LogP contribution in [0.3, 0.4) is 0 Å². The van der Waals surface area contributed by atoms with E-state index in [0.717, 1.165) is 5.39 Å². The predicted octanol–water partition coefficient (Wildman–Crippen LogP) is 4.32. The Balaban J connectivity index is 1.37. The quantitative estimate of drug-likeness (QED) is 0.294. The molecular weight excluding hydrogens is 422 g/mol. The third-order valence-electron chi connectivity index (χ3n) is 5.05. The van der Waals surface area contributed by atoms with E-state index in [9.17, 15) is 9.59 Å². The molecular formula is C25H23N3O5. The topological polar surface area (TPSA) is 107 Å². The van der Waals surface area contributed by atoms with Crippen LogP contribution < -0.4 is 25.4 Å². The van der Waals surface area contributed by atoms with Crippen LogP contribution in [-0.2, 0) is 4.79 Å². The highest BCUT2D eigenvalue weighted by Crippen LogP contribution is 2.38. The molecule has 0 unspecified atom stereocenters. The monoisotopic (exact) mass is 445 g/mol. The second kappa shape index (κ2) is 9.78. The molecule has 0 aliphatic carbocycles. The van der Waals surface area contributed by atoms with Crippen molar-refractivity contribution in [2.45, 2.75) is 0 Å². The lowest BCUT2D eigenvalue weighted by Crippen LogP contribution is -2.26. The second-order valence-electron chi connectivity index (χ2n) is 7.15. The van der Waals surface area contributed by atoms with Gasteiger partial charge in [-0.1, -0.05) is 24.3 Å². The Hall–Kier alpha value is -4.46. The summed E-state index contributed by atoms with van der Waals surface area (Å²) in [5, 5.41) is 3.57. The molecule has 3 aromatic carbocycles. The normalized spacial score (nSPS) is 10.6. The molecule has 1 aromatic heterocycles. The van der Waals surface area contributed by atoms with Crippen LogP contribution in [0.15, 0.2) is 77.2 Å². The number of nitrogens with one attached hydrogen (secondary N) is 1. The Morgan fingerprint density at radius 1 is 1.06 bits per heavy atom. The molecule has 0 fully saturated rings. The average Bonchev–Trinajstić information content (AvgIpc) is 3.22. The van der Waals surface area contributed by atoms with Gasteiger partial charge in [-0.15, -0.1) is 0 Å². The molecule has 0 spiro atoms. The number of rotatable bonds is 9. The molecule has 33 heavy (non-hydrogen) atoms. The molecule has 0 aliphatic heterocycles. The number of furan rings is 1. The number of carbonyl (C=O) groups excluding carboxylic acids is 2. The predicted molar refractivity (Wildman–Crippen MR) is 127 cm³/mol. The van der Waals surface area contributed by atoms with E-state index >= 15 is 0 Å². The summed E-state index contributed by atoms with van der Waals surface area (Å²) in [5.41, 5.74) is 8.00. The van der Waals surface area contributed by atoms with Crippen molar-refractivity contribution in [1.29, 1.82) is 0 Å². The fourth-order valence-corrected chi connectivity index (χ4v) is 3.37. The number of nitrogens with two attached hydrogens (primary N) is 1. The van der Waals surface area contributed by atoms with E-state index in [-0.39, 0.29) is 19.1 Å². The van der Waals surface area contributed by atoms with Crippen molar-refractivity contribution < 1.29 is 23.5 Å². The van der Waals surface area contributed by atoms with Gasteiger partial charge in [0.25, 0.3) is 5.91 Å². The van der Waals surface area contributed by atoms with Crippen molar-refractivity contribution in [3.63, 3.8) is 0 Å². The fourth-order valence-electron chi connectivity index (χ4n) is 3.37. The molecule has 168 valence electrons. The van der Waals surface area contributed by atoms with E-state index < -0.39 is 0 Å². The molecule has 0 saturated heterocycles. The van der Waals surface area contributed by atoms with E-state index in [1.54, 1.807) is 48.5 Å². The van der Waals surface area contributed by atoms with Crippen molar-refractivity contribution in [2.75, 3.05) is 36.2 Å². The number of nitrogen functional groups attached to an aromatic ring is 1. The number of methoxy groups -OCH3 is 1. The summed E-state index contributed by atoms with van der Waals surface area (Å²) in [7, 11) is 1.53. The molecule has 1 heterocycles. The van der Waals surface area contributed by atoms with Crippen molar-refractivity contribution in [1.82, 2.24) is 0 Å². The number of carbonyl (C=O) groups is 2. The zero-order valence-electron chi connectivity index (χ0n) is 18.0. The number of anilines is 3.